The van der Waals surface area contributed by atoms with Gasteiger partial charge in [0.25, 0.3) is 0 Å². The van der Waals surface area contributed by atoms with E-state index in [1.54, 1.807) is 12.2 Å². The van der Waals surface area contributed by atoms with Crippen LogP contribution in [0.2, 0.25) is 0 Å². The fourth-order valence-electron chi connectivity index (χ4n) is 0.287. The van der Waals surface area contributed by atoms with Gasteiger partial charge in [-0.15, -0.1) is 0 Å². The van der Waals surface area contributed by atoms with E-state index in [-0.39, 0.29) is 0 Å². The highest BCUT2D eigenvalue weighted by Crippen LogP contribution is 1.99. The van der Waals surface area contributed by atoms with Gasteiger partial charge in [0, 0.05) is 0 Å². The molecule has 0 aliphatic carbocycles. The van der Waals surface area contributed by atoms with E-state index in [0.29, 0.717) is 5.16 Å². The molecule has 0 fully saturated rings. The van der Waals surface area contributed by atoms with Crippen LogP contribution in [0.3, 0.4) is 0 Å². The number of halogens is 1. The van der Waals surface area contributed by atoms with E-state index in [9.17, 15) is 0 Å². The molecule has 1 aliphatic heterocycles. The largest absolute Gasteiger partial charge is 0.389 e. The maximum absolute atomic E-state index is 5.39. The molecule has 0 saturated heterocycles. The number of allylic oxidation sites excluding steroid dienone is 2. The Morgan fingerprint density at radius 1 is 1.71 bits per heavy atom. The molecule has 1 rings (SSSR count). The Labute approximate surface area is 46.4 Å². The molecule has 0 aromatic carbocycles. The minimum Gasteiger partial charge on any atom is -0.389 e. The molecule has 0 bridgehead atoms. The van der Waals surface area contributed by atoms with E-state index in [4.69, 9.17) is 11.6 Å². The molecule has 0 atom stereocenters. The van der Waals surface area contributed by atoms with Gasteiger partial charge in [0.2, 0.25) is 0 Å². The Balaban J connectivity index is 2.57. The Bertz CT molecular complexity index is 119. The van der Waals surface area contributed by atoms with Crippen LogP contribution < -0.4 is 5.48 Å². The van der Waals surface area contributed by atoms with Gasteiger partial charge in [-0.1, -0.05) is 11.6 Å². The monoisotopic (exact) mass is 117 g/mol. The average Bonchev–Trinajstić information content (AvgIpc) is 1.69. The molecule has 0 radical (unpaired) electrons. The van der Waals surface area contributed by atoms with Crippen molar-refractivity contribution in [3.05, 3.63) is 23.6 Å². The van der Waals surface area contributed by atoms with Gasteiger partial charge in [-0.3, -0.25) is 0 Å². The second-order valence-electron chi connectivity index (χ2n) is 1.06. The van der Waals surface area contributed by atoms with Crippen LogP contribution >= 0.6 is 11.6 Å². The van der Waals surface area contributed by atoms with Crippen LogP contribution in [-0.2, 0) is 4.84 Å². The molecule has 0 aromatic rings. The Morgan fingerprint density at radius 2 is 2.57 bits per heavy atom. The quantitative estimate of drug-likeness (QED) is 0.480. The number of hydroxylamine groups is 1. The lowest BCUT2D eigenvalue weighted by molar-refractivity contribution is 0.167. The molecule has 2 nitrogen and oxygen atoms in total. The third kappa shape index (κ3) is 1.12. The van der Waals surface area contributed by atoms with Crippen LogP contribution in [0.4, 0.5) is 0 Å². The summed E-state index contributed by atoms with van der Waals surface area (Å²) in [7, 11) is 0. The summed E-state index contributed by atoms with van der Waals surface area (Å²) in [5.74, 6) is 0. The second-order valence-corrected chi connectivity index (χ2v) is 1.47. The van der Waals surface area contributed by atoms with E-state index < -0.39 is 0 Å². The van der Waals surface area contributed by atoms with E-state index in [2.05, 4.69) is 10.3 Å². The van der Waals surface area contributed by atoms with Gasteiger partial charge < -0.3 is 4.84 Å². The fourth-order valence-corrected chi connectivity index (χ4v) is 0.405. The van der Waals surface area contributed by atoms with Crippen LogP contribution in [0.25, 0.3) is 0 Å². The summed E-state index contributed by atoms with van der Waals surface area (Å²) in [5.41, 5.74) is 2.42. The lowest BCUT2D eigenvalue weighted by Crippen LogP contribution is -2.07. The fraction of sp³-hybridized carbons (Fsp3) is 0. The minimum atomic E-state index is 0.502. The Kier molecular flexibility index (Phi) is 1.22. The first-order valence-corrected chi connectivity index (χ1v) is 2.21. The second kappa shape index (κ2) is 1.89. The highest BCUT2D eigenvalue weighted by atomic mass is 35.5. The van der Waals surface area contributed by atoms with Crippen molar-refractivity contribution in [2.45, 2.75) is 0 Å². The molecule has 0 aromatic heterocycles. The van der Waals surface area contributed by atoms with Crippen LogP contribution in [0.15, 0.2) is 23.6 Å². The van der Waals surface area contributed by atoms with Crippen LogP contribution in [0, 0.1) is 0 Å². The molecule has 3 heteroatoms. The number of hydrogen-bond donors (Lipinski definition) is 1. The molecule has 1 heterocycles. The molecule has 0 unspecified atom stereocenters. The molecule has 38 valence electrons. The summed E-state index contributed by atoms with van der Waals surface area (Å²) >= 11 is 5.39. The van der Waals surface area contributed by atoms with Gasteiger partial charge >= 0.3 is 0 Å². The third-order valence-electron chi connectivity index (χ3n) is 0.546. The molecular weight excluding hydrogens is 114 g/mol. The predicted octanol–water partition coefficient (Wildman–Crippen LogP) is 1.12. The zero-order valence-corrected chi connectivity index (χ0v) is 4.27. The highest BCUT2D eigenvalue weighted by Gasteiger charge is 1.88. The SMILES string of the molecule is ClC1=CC=CON1. The molecule has 7 heavy (non-hydrogen) atoms. The van der Waals surface area contributed by atoms with Gasteiger partial charge in [0.15, 0.2) is 0 Å². The minimum absolute atomic E-state index is 0.502. The van der Waals surface area contributed by atoms with Crippen molar-refractivity contribution in [3.8, 4) is 0 Å². The molecule has 0 amide bonds. The molecule has 0 saturated carbocycles. The van der Waals surface area contributed by atoms with Crippen molar-refractivity contribution >= 4 is 11.6 Å². The zero-order chi connectivity index (χ0) is 5.11. The number of rotatable bonds is 0. The van der Waals surface area contributed by atoms with Gasteiger partial charge in [-0.25, -0.2) is 5.48 Å². The van der Waals surface area contributed by atoms with E-state index >= 15 is 0 Å². The van der Waals surface area contributed by atoms with Crippen LogP contribution in [-0.4, -0.2) is 0 Å². The molecule has 1 N–H and O–H groups in total. The summed E-state index contributed by atoms with van der Waals surface area (Å²) in [6, 6.07) is 0. The summed E-state index contributed by atoms with van der Waals surface area (Å²) < 4.78 is 0. The first kappa shape index (κ1) is 4.53. The van der Waals surface area contributed by atoms with Crippen molar-refractivity contribution in [2.24, 2.45) is 0 Å². The van der Waals surface area contributed by atoms with Crippen molar-refractivity contribution < 1.29 is 4.84 Å². The van der Waals surface area contributed by atoms with E-state index in [0.717, 1.165) is 0 Å². The predicted molar refractivity (Wildman–Crippen MR) is 27.3 cm³/mol. The Hall–Kier alpha value is -0.630. The lowest BCUT2D eigenvalue weighted by atomic mass is 10.6. The summed E-state index contributed by atoms with van der Waals surface area (Å²) in [4.78, 5) is 4.55. The van der Waals surface area contributed by atoms with Crippen molar-refractivity contribution in [1.29, 1.82) is 0 Å². The summed E-state index contributed by atoms with van der Waals surface area (Å²) in [6.45, 7) is 0. The van der Waals surface area contributed by atoms with Gasteiger partial charge in [0.05, 0.1) is 0 Å². The molecular formula is C4H4ClNO. The Morgan fingerprint density at radius 3 is 2.86 bits per heavy atom. The third-order valence-corrected chi connectivity index (χ3v) is 0.749. The summed E-state index contributed by atoms with van der Waals surface area (Å²) in [5, 5.41) is 0.502. The van der Waals surface area contributed by atoms with Gasteiger partial charge in [-0.2, -0.15) is 0 Å². The standard InChI is InChI=1S/C4H4ClNO/c5-4-2-1-3-7-6-4/h1-3,6H. The van der Waals surface area contributed by atoms with Crippen molar-refractivity contribution in [1.82, 2.24) is 5.48 Å². The first-order valence-electron chi connectivity index (χ1n) is 1.83. The lowest BCUT2D eigenvalue weighted by Gasteiger charge is -2.03. The van der Waals surface area contributed by atoms with E-state index in [1.165, 1.54) is 6.26 Å². The zero-order valence-electron chi connectivity index (χ0n) is 3.52. The van der Waals surface area contributed by atoms with Crippen molar-refractivity contribution in [3.63, 3.8) is 0 Å². The maximum Gasteiger partial charge on any atom is 0.137 e. The van der Waals surface area contributed by atoms with Crippen molar-refractivity contribution in [2.75, 3.05) is 0 Å². The molecule has 1 aliphatic rings. The number of nitrogens with one attached hydrogen (secondary N) is 1. The maximum atomic E-state index is 5.39. The topological polar surface area (TPSA) is 21.3 Å². The van der Waals surface area contributed by atoms with E-state index in [1.807, 2.05) is 0 Å². The smallest absolute Gasteiger partial charge is 0.137 e. The highest BCUT2D eigenvalue weighted by molar-refractivity contribution is 6.29. The van der Waals surface area contributed by atoms with Crippen LogP contribution in [0.1, 0.15) is 0 Å². The first-order chi connectivity index (χ1) is 3.39. The van der Waals surface area contributed by atoms with Gasteiger partial charge in [-0.05, 0) is 12.2 Å². The molecule has 0 spiro atoms. The van der Waals surface area contributed by atoms with Gasteiger partial charge in [0.1, 0.15) is 11.4 Å². The number of hydrogen-bond acceptors (Lipinski definition) is 2. The van der Waals surface area contributed by atoms with Crippen LogP contribution in [0.5, 0.6) is 0 Å². The summed E-state index contributed by atoms with van der Waals surface area (Å²) in [6.07, 6.45) is 4.91. The average molecular weight is 118 g/mol. The normalized spacial score (nSPS) is 17.0.